The van der Waals surface area contributed by atoms with Gasteiger partial charge in [0.2, 0.25) is 0 Å². The lowest BCUT2D eigenvalue weighted by Gasteiger charge is -2.07. The van der Waals surface area contributed by atoms with Gasteiger partial charge in [-0.15, -0.1) is 0 Å². The molecule has 0 amide bonds. The fraction of sp³-hybridized carbons (Fsp3) is 0.182. The minimum Gasteiger partial charge on any atom is -0.241 e. The van der Waals surface area contributed by atoms with E-state index in [-0.39, 0.29) is 0 Å². The summed E-state index contributed by atoms with van der Waals surface area (Å²) in [6.07, 6.45) is -2.59. The van der Waals surface area contributed by atoms with Gasteiger partial charge in [-0.05, 0) is 30.3 Å². The van der Waals surface area contributed by atoms with Crippen LogP contribution < -0.4 is 0 Å². The lowest BCUT2D eigenvalue weighted by atomic mass is 10.2. The zero-order chi connectivity index (χ0) is 12.5. The molecule has 0 saturated carbocycles. The van der Waals surface area contributed by atoms with Crippen LogP contribution in [-0.4, -0.2) is 9.78 Å². The maximum absolute atomic E-state index is 12.4. The van der Waals surface area contributed by atoms with Crippen LogP contribution >= 0.6 is 15.9 Å². The topological polar surface area (TPSA) is 17.8 Å². The maximum Gasteiger partial charge on any atom is 0.416 e. The zero-order valence-electron chi connectivity index (χ0n) is 8.58. The van der Waals surface area contributed by atoms with Crippen molar-refractivity contribution in [3.63, 3.8) is 0 Å². The van der Waals surface area contributed by atoms with Crippen molar-refractivity contribution in [3.05, 3.63) is 47.8 Å². The Morgan fingerprint density at radius 3 is 2.24 bits per heavy atom. The summed E-state index contributed by atoms with van der Waals surface area (Å²) in [5.41, 5.74) is 0.768. The van der Waals surface area contributed by atoms with Crippen LogP contribution in [0.1, 0.15) is 11.3 Å². The molecule has 0 fully saturated rings. The van der Waals surface area contributed by atoms with Crippen molar-refractivity contribution in [2.24, 2.45) is 0 Å². The van der Waals surface area contributed by atoms with Gasteiger partial charge in [-0.3, -0.25) is 0 Å². The average Bonchev–Trinajstić information content (AvgIpc) is 2.76. The van der Waals surface area contributed by atoms with Crippen LogP contribution in [0.5, 0.6) is 0 Å². The molecule has 6 heteroatoms. The van der Waals surface area contributed by atoms with Crippen LogP contribution in [0.15, 0.2) is 36.5 Å². The largest absolute Gasteiger partial charge is 0.416 e. The van der Waals surface area contributed by atoms with Gasteiger partial charge in [0, 0.05) is 11.5 Å². The van der Waals surface area contributed by atoms with Crippen molar-refractivity contribution in [1.29, 1.82) is 0 Å². The highest BCUT2D eigenvalue weighted by atomic mass is 79.9. The SMILES string of the molecule is FC(F)(F)c1ccc(-n2ccc(CBr)n2)cc1. The van der Waals surface area contributed by atoms with E-state index in [1.54, 1.807) is 12.3 Å². The van der Waals surface area contributed by atoms with Gasteiger partial charge in [-0.1, -0.05) is 15.9 Å². The van der Waals surface area contributed by atoms with Crippen molar-refractivity contribution < 1.29 is 13.2 Å². The van der Waals surface area contributed by atoms with Crippen LogP contribution in [0.25, 0.3) is 5.69 Å². The Kier molecular flexibility index (Phi) is 3.24. The Labute approximate surface area is 104 Å². The summed E-state index contributed by atoms with van der Waals surface area (Å²) in [7, 11) is 0. The molecule has 0 aliphatic carbocycles. The first kappa shape index (κ1) is 12.2. The first-order valence-electron chi connectivity index (χ1n) is 4.79. The highest BCUT2D eigenvalue weighted by molar-refractivity contribution is 9.08. The number of halogens is 4. The van der Waals surface area contributed by atoms with Crippen LogP contribution in [0.3, 0.4) is 0 Å². The lowest BCUT2D eigenvalue weighted by Crippen LogP contribution is -2.05. The first-order valence-corrected chi connectivity index (χ1v) is 5.91. The van der Waals surface area contributed by atoms with E-state index in [0.29, 0.717) is 11.0 Å². The maximum atomic E-state index is 12.4. The molecule has 2 nitrogen and oxygen atoms in total. The molecule has 0 saturated heterocycles. The molecule has 2 aromatic rings. The summed E-state index contributed by atoms with van der Waals surface area (Å²) in [6, 6.07) is 6.68. The van der Waals surface area contributed by atoms with Gasteiger partial charge in [0.25, 0.3) is 0 Å². The number of hydrogen-bond acceptors (Lipinski definition) is 1. The quantitative estimate of drug-likeness (QED) is 0.772. The summed E-state index contributed by atoms with van der Waals surface area (Å²) in [5, 5.41) is 4.79. The van der Waals surface area contributed by atoms with E-state index in [4.69, 9.17) is 0 Å². The molecule has 1 aromatic carbocycles. The summed E-state index contributed by atoms with van der Waals surface area (Å²) >= 11 is 3.26. The zero-order valence-corrected chi connectivity index (χ0v) is 10.2. The molecule has 0 aliphatic rings. The molecule has 90 valence electrons. The third-order valence-corrected chi connectivity index (χ3v) is 2.81. The molecule has 0 spiro atoms. The summed E-state index contributed by atoms with van der Waals surface area (Å²) in [5.74, 6) is 0. The van der Waals surface area contributed by atoms with Gasteiger partial charge in [0.1, 0.15) is 0 Å². The molecular formula is C11H8BrF3N2. The number of aromatic nitrogens is 2. The molecule has 1 heterocycles. The second-order valence-electron chi connectivity index (χ2n) is 3.43. The van der Waals surface area contributed by atoms with Gasteiger partial charge in [-0.25, -0.2) is 4.68 Å². The average molecular weight is 305 g/mol. The van der Waals surface area contributed by atoms with Crippen molar-refractivity contribution in [3.8, 4) is 5.69 Å². The lowest BCUT2D eigenvalue weighted by molar-refractivity contribution is -0.137. The van der Waals surface area contributed by atoms with Crippen LogP contribution in [0.4, 0.5) is 13.2 Å². The Morgan fingerprint density at radius 2 is 1.76 bits per heavy atom. The van der Waals surface area contributed by atoms with Crippen molar-refractivity contribution in [1.82, 2.24) is 9.78 Å². The number of rotatable bonds is 2. The number of benzene rings is 1. The van der Waals surface area contributed by atoms with Gasteiger partial charge >= 0.3 is 6.18 Å². The molecule has 0 unspecified atom stereocenters. The van der Waals surface area contributed by atoms with Gasteiger partial charge in [0.05, 0.1) is 16.9 Å². The Morgan fingerprint density at radius 1 is 1.12 bits per heavy atom. The van der Waals surface area contributed by atoms with E-state index in [2.05, 4.69) is 21.0 Å². The predicted molar refractivity (Wildman–Crippen MR) is 61.2 cm³/mol. The molecule has 0 atom stereocenters. The highest BCUT2D eigenvalue weighted by Gasteiger charge is 2.29. The third-order valence-electron chi connectivity index (χ3n) is 2.24. The molecule has 0 radical (unpaired) electrons. The van der Waals surface area contributed by atoms with Crippen molar-refractivity contribution >= 4 is 15.9 Å². The van der Waals surface area contributed by atoms with E-state index in [1.165, 1.54) is 16.8 Å². The fourth-order valence-corrected chi connectivity index (χ4v) is 1.68. The van der Waals surface area contributed by atoms with Crippen molar-refractivity contribution in [2.45, 2.75) is 11.5 Å². The first-order chi connectivity index (χ1) is 8.00. The Bertz CT molecular complexity index is 502. The van der Waals surface area contributed by atoms with E-state index in [1.807, 2.05) is 0 Å². The second kappa shape index (κ2) is 4.52. The van der Waals surface area contributed by atoms with E-state index in [9.17, 15) is 13.2 Å². The van der Waals surface area contributed by atoms with Crippen LogP contribution in [-0.2, 0) is 11.5 Å². The number of alkyl halides is 4. The monoisotopic (exact) mass is 304 g/mol. The smallest absolute Gasteiger partial charge is 0.241 e. The minimum absolute atomic E-state index is 0.602. The minimum atomic E-state index is -4.30. The molecule has 17 heavy (non-hydrogen) atoms. The Balaban J connectivity index is 2.29. The predicted octanol–water partition coefficient (Wildman–Crippen LogP) is 3.79. The van der Waals surface area contributed by atoms with Gasteiger partial charge < -0.3 is 0 Å². The molecule has 1 aromatic heterocycles. The van der Waals surface area contributed by atoms with Gasteiger partial charge in [-0.2, -0.15) is 18.3 Å². The molecular weight excluding hydrogens is 297 g/mol. The summed E-state index contributed by atoms with van der Waals surface area (Å²) < 4.78 is 38.6. The number of hydrogen-bond donors (Lipinski definition) is 0. The van der Waals surface area contributed by atoms with Crippen LogP contribution in [0.2, 0.25) is 0 Å². The summed E-state index contributed by atoms with van der Waals surface area (Å²) in [6.45, 7) is 0. The molecule has 0 N–H and O–H groups in total. The van der Waals surface area contributed by atoms with E-state index < -0.39 is 11.7 Å². The standard InChI is InChI=1S/C11H8BrF3N2/c12-7-9-5-6-17(16-9)10-3-1-8(2-4-10)11(13,14)15/h1-6H,7H2. The normalized spacial score (nSPS) is 11.8. The third kappa shape index (κ3) is 2.69. The molecule has 2 rings (SSSR count). The second-order valence-corrected chi connectivity index (χ2v) is 3.99. The number of nitrogens with zero attached hydrogens (tertiary/aromatic N) is 2. The van der Waals surface area contributed by atoms with Gasteiger partial charge in [0.15, 0.2) is 0 Å². The fourth-order valence-electron chi connectivity index (χ4n) is 1.38. The molecule has 0 aliphatic heterocycles. The van der Waals surface area contributed by atoms with E-state index >= 15 is 0 Å². The highest BCUT2D eigenvalue weighted by Crippen LogP contribution is 2.29. The summed E-state index contributed by atoms with van der Waals surface area (Å²) in [4.78, 5) is 0. The van der Waals surface area contributed by atoms with Crippen LogP contribution in [0, 0.1) is 0 Å². The van der Waals surface area contributed by atoms with Crippen molar-refractivity contribution in [2.75, 3.05) is 0 Å². The molecule has 0 bridgehead atoms. The van der Waals surface area contributed by atoms with E-state index in [0.717, 1.165) is 17.8 Å². The Hall–Kier alpha value is -1.30.